The third-order valence-electron chi connectivity index (χ3n) is 2.26. The molecule has 2 aromatic heterocycles. The van der Waals surface area contributed by atoms with E-state index >= 15 is 0 Å². The van der Waals surface area contributed by atoms with E-state index in [1.165, 1.54) is 4.68 Å². The number of rotatable bonds is 4. The van der Waals surface area contributed by atoms with Crippen LogP contribution < -0.4 is 0 Å². The lowest BCUT2D eigenvalue weighted by molar-refractivity contribution is 0.122. The van der Waals surface area contributed by atoms with Gasteiger partial charge in [0.1, 0.15) is 6.54 Å². The number of aryl methyl sites for hydroxylation is 1. The SMILES string of the molecule is Cn1cc(Cc2cn(CC(F)F)nc2Cl)cn1. The van der Waals surface area contributed by atoms with Crippen LogP contribution in [0, 0.1) is 0 Å². The topological polar surface area (TPSA) is 35.6 Å². The van der Waals surface area contributed by atoms with Gasteiger partial charge < -0.3 is 0 Å². The van der Waals surface area contributed by atoms with Crippen molar-refractivity contribution < 1.29 is 8.78 Å². The molecule has 0 atom stereocenters. The molecule has 17 heavy (non-hydrogen) atoms. The molecule has 0 spiro atoms. The van der Waals surface area contributed by atoms with Gasteiger partial charge in [0.15, 0.2) is 5.15 Å². The van der Waals surface area contributed by atoms with Gasteiger partial charge in [0.25, 0.3) is 6.43 Å². The molecular formula is C10H11ClF2N4. The van der Waals surface area contributed by atoms with Crippen molar-refractivity contribution in [2.45, 2.75) is 19.4 Å². The first-order chi connectivity index (χ1) is 8.04. The first kappa shape index (κ1) is 12.0. The average Bonchev–Trinajstić information content (AvgIpc) is 2.74. The minimum Gasteiger partial charge on any atom is -0.276 e. The van der Waals surface area contributed by atoms with Gasteiger partial charge >= 0.3 is 0 Å². The summed E-state index contributed by atoms with van der Waals surface area (Å²) in [4.78, 5) is 0. The maximum Gasteiger partial charge on any atom is 0.257 e. The summed E-state index contributed by atoms with van der Waals surface area (Å²) in [6, 6.07) is 0. The molecule has 2 aromatic rings. The molecule has 2 rings (SSSR count). The molecule has 4 nitrogen and oxygen atoms in total. The number of nitrogens with zero attached hydrogens (tertiary/aromatic N) is 4. The van der Waals surface area contributed by atoms with Crippen molar-refractivity contribution in [3.8, 4) is 0 Å². The second-order valence-electron chi connectivity index (χ2n) is 3.76. The molecule has 0 aliphatic heterocycles. The Morgan fingerprint density at radius 3 is 2.76 bits per heavy atom. The fourth-order valence-corrected chi connectivity index (χ4v) is 1.79. The monoisotopic (exact) mass is 260 g/mol. The highest BCUT2D eigenvalue weighted by Crippen LogP contribution is 2.18. The first-order valence-electron chi connectivity index (χ1n) is 5.02. The maximum absolute atomic E-state index is 12.2. The molecule has 0 amide bonds. The first-order valence-corrected chi connectivity index (χ1v) is 5.40. The molecule has 92 valence electrons. The minimum absolute atomic E-state index is 0.259. The number of alkyl halides is 2. The van der Waals surface area contributed by atoms with Gasteiger partial charge in [-0.2, -0.15) is 10.2 Å². The Balaban J connectivity index is 2.13. The Hall–Kier alpha value is -1.43. The largest absolute Gasteiger partial charge is 0.276 e. The van der Waals surface area contributed by atoms with Crippen LogP contribution in [0.25, 0.3) is 0 Å². The van der Waals surface area contributed by atoms with Crippen LogP contribution in [0.5, 0.6) is 0 Å². The van der Waals surface area contributed by atoms with Gasteiger partial charge in [0.05, 0.1) is 6.20 Å². The van der Waals surface area contributed by atoms with Crippen LogP contribution in [0.15, 0.2) is 18.6 Å². The van der Waals surface area contributed by atoms with Crippen molar-refractivity contribution in [3.05, 3.63) is 34.9 Å². The van der Waals surface area contributed by atoms with Crippen LogP contribution in [-0.2, 0) is 20.0 Å². The molecule has 0 aliphatic rings. The molecule has 0 unspecified atom stereocenters. The van der Waals surface area contributed by atoms with Crippen molar-refractivity contribution in [1.82, 2.24) is 19.6 Å². The van der Waals surface area contributed by atoms with Gasteiger partial charge in [0.2, 0.25) is 0 Å². The number of hydrogen-bond donors (Lipinski definition) is 0. The number of aromatic nitrogens is 4. The highest BCUT2D eigenvalue weighted by molar-refractivity contribution is 6.30. The molecule has 0 aromatic carbocycles. The van der Waals surface area contributed by atoms with E-state index in [9.17, 15) is 8.78 Å². The van der Waals surface area contributed by atoms with Gasteiger partial charge in [-0.1, -0.05) is 11.6 Å². The summed E-state index contributed by atoms with van der Waals surface area (Å²) in [6.45, 7) is -0.438. The minimum atomic E-state index is -2.43. The van der Waals surface area contributed by atoms with Crippen molar-refractivity contribution in [2.24, 2.45) is 7.05 Å². The molecule has 0 fully saturated rings. The Morgan fingerprint density at radius 1 is 1.41 bits per heavy atom. The van der Waals surface area contributed by atoms with Crippen LogP contribution in [0.4, 0.5) is 8.78 Å². The lowest BCUT2D eigenvalue weighted by Gasteiger charge is -1.97. The second-order valence-corrected chi connectivity index (χ2v) is 4.12. The molecule has 0 radical (unpaired) electrons. The smallest absolute Gasteiger partial charge is 0.257 e. The molecular weight excluding hydrogens is 250 g/mol. The third kappa shape index (κ3) is 3.03. The molecule has 0 saturated heterocycles. The molecule has 0 saturated carbocycles. The van der Waals surface area contributed by atoms with Crippen molar-refractivity contribution in [3.63, 3.8) is 0 Å². The van der Waals surface area contributed by atoms with E-state index in [2.05, 4.69) is 10.2 Å². The molecule has 2 heterocycles. The Bertz CT molecular complexity index is 506. The normalized spacial score (nSPS) is 11.4. The summed E-state index contributed by atoms with van der Waals surface area (Å²) < 4.78 is 27.2. The van der Waals surface area contributed by atoms with Gasteiger partial charge in [-0.3, -0.25) is 9.36 Å². The second kappa shape index (κ2) is 4.83. The molecule has 0 aliphatic carbocycles. The van der Waals surface area contributed by atoms with Crippen LogP contribution in [-0.4, -0.2) is 26.0 Å². The van der Waals surface area contributed by atoms with E-state index in [1.807, 2.05) is 13.2 Å². The standard InChI is InChI=1S/C10H11ClF2N4/c1-16-4-7(3-14-16)2-8-5-17(6-9(12)13)15-10(8)11/h3-5,9H,2,6H2,1H3. The zero-order chi connectivity index (χ0) is 12.4. The highest BCUT2D eigenvalue weighted by Gasteiger charge is 2.11. The van der Waals surface area contributed by atoms with Crippen molar-refractivity contribution >= 4 is 11.6 Å². The predicted molar refractivity (Wildman–Crippen MR) is 59.3 cm³/mol. The van der Waals surface area contributed by atoms with Crippen LogP contribution in [0.3, 0.4) is 0 Å². The van der Waals surface area contributed by atoms with Crippen LogP contribution >= 0.6 is 11.6 Å². The Labute approximate surface area is 102 Å². The molecule has 0 N–H and O–H groups in total. The van der Waals surface area contributed by atoms with E-state index < -0.39 is 13.0 Å². The van der Waals surface area contributed by atoms with Crippen LogP contribution in [0.1, 0.15) is 11.1 Å². The van der Waals surface area contributed by atoms with Gasteiger partial charge in [-0.15, -0.1) is 0 Å². The van der Waals surface area contributed by atoms with E-state index in [1.54, 1.807) is 17.1 Å². The quantitative estimate of drug-likeness (QED) is 0.844. The predicted octanol–water partition coefficient (Wildman–Crippen LogP) is 2.13. The van der Waals surface area contributed by atoms with Crippen molar-refractivity contribution in [2.75, 3.05) is 0 Å². The fraction of sp³-hybridized carbons (Fsp3) is 0.400. The number of hydrogen-bond acceptors (Lipinski definition) is 2. The Kier molecular flexibility index (Phi) is 3.42. The van der Waals surface area contributed by atoms with Crippen molar-refractivity contribution in [1.29, 1.82) is 0 Å². The van der Waals surface area contributed by atoms with E-state index in [0.717, 1.165) is 11.1 Å². The summed E-state index contributed by atoms with van der Waals surface area (Å²) in [6.07, 6.45) is 3.20. The fourth-order valence-electron chi connectivity index (χ4n) is 1.58. The summed E-state index contributed by atoms with van der Waals surface area (Å²) >= 11 is 5.88. The van der Waals surface area contributed by atoms with Gasteiger partial charge in [-0.25, -0.2) is 8.78 Å². The molecule has 0 bridgehead atoms. The van der Waals surface area contributed by atoms with Crippen LogP contribution in [0.2, 0.25) is 5.15 Å². The lowest BCUT2D eigenvalue weighted by Crippen LogP contribution is -2.06. The van der Waals surface area contributed by atoms with E-state index in [-0.39, 0.29) is 5.15 Å². The average molecular weight is 261 g/mol. The van der Waals surface area contributed by atoms with Gasteiger partial charge in [0, 0.05) is 31.4 Å². The van der Waals surface area contributed by atoms with Gasteiger partial charge in [-0.05, 0) is 5.56 Å². The lowest BCUT2D eigenvalue weighted by atomic mass is 10.2. The summed E-state index contributed by atoms with van der Waals surface area (Å²) in [7, 11) is 1.81. The summed E-state index contributed by atoms with van der Waals surface area (Å²) in [5, 5.41) is 8.11. The summed E-state index contributed by atoms with van der Waals surface area (Å²) in [5.41, 5.74) is 1.69. The maximum atomic E-state index is 12.2. The van der Waals surface area contributed by atoms with E-state index in [4.69, 9.17) is 11.6 Å². The zero-order valence-corrected chi connectivity index (χ0v) is 9.90. The third-order valence-corrected chi connectivity index (χ3v) is 2.58. The summed E-state index contributed by atoms with van der Waals surface area (Å²) in [5.74, 6) is 0. The number of halogens is 3. The highest BCUT2D eigenvalue weighted by atomic mass is 35.5. The molecule has 7 heteroatoms. The van der Waals surface area contributed by atoms with E-state index in [0.29, 0.717) is 6.42 Å². The zero-order valence-electron chi connectivity index (χ0n) is 9.15. The Morgan fingerprint density at radius 2 is 2.18 bits per heavy atom.